The normalized spacial score (nSPS) is 12.4. The molecule has 1 aliphatic rings. The van der Waals surface area contributed by atoms with Gasteiger partial charge in [0.15, 0.2) is 0 Å². The first-order chi connectivity index (χ1) is 32.1. The molecule has 1 aliphatic heterocycles. The van der Waals surface area contributed by atoms with E-state index in [-0.39, 0.29) is 38.1 Å². The summed E-state index contributed by atoms with van der Waals surface area (Å²) in [6.07, 6.45) is 1.88. The molecule has 0 N–H and O–H groups in total. The Morgan fingerprint density at radius 2 is 1.19 bits per heavy atom. The van der Waals surface area contributed by atoms with Crippen molar-refractivity contribution in [1.29, 1.82) is 0 Å². The Hall–Kier alpha value is -7.34. The Balaban J connectivity index is 0.00000525. The van der Waals surface area contributed by atoms with Crippen LogP contribution in [0.25, 0.3) is 61.0 Å². The number of ether oxygens (including phenoxy) is 1. The second-order valence-corrected chi connectivity index (χ2v) is 17.7. The van der Waals surface area contributed by atoms with Gasteiger partial charge in [0.2, 0.25) is 0 Å². The molecule has 0 atom stereocenters. The van der Waals surface area contributed by atoms with Gasteiger partial charge in [0, 0.05) is 72.5 Å². The number of hydrogen-bond acceptors (Lipinski definition) is 4. The molecule has 5 nitrogen and oxygen atoms in total. The van der Waals surface area contributed by atoms with E-state index in [4.69, 9.17) is 9.72 Å². The average Bonchev–Trinajstić information content (AvgIpc) is 3.88. The number of pyridine rings is 1. The van der Waals surface area contributed by atoms with Crippen molar-refractivity contribution in [3.05, 3.63) is 224 Å². The van der Waals surface area contributed by atoms with Crippen LogP contribution in [0.4, 0.5) is 31.5 Å². The Morgan fingerprint density at radius 3 is 1.88 bits per heavy atom. The summed E-state index contributed by atoms with van der Waals surface area (Å²) in [7, 11) is 0. The molecule has 10 aromatic rings. The van der Waals surface area contributed by atoms with Crippen LogP contribution in [0.3, 0.4) is 0 Å². The van der Waals surface area contributed by atoms with Gasteiger partial charge >= 0.3 is 0 Å². The number of benzene rings is 8. The summed E-state index contributed by atoms with van der Waals surface area (Å²) < 4.78 is 37.7. The molecule has 8 heteroatoms. The first kappa shape index (κ1) is 43.5. The molecule has 11 rings (SSSR count). The monoisotopic (exact) mass is 1060 g/mol. The van der Waals surface area contributed by atoms with Crippen LogP contribution in [0.5, 0.6) is 11.5 Å². The topological polar surface area (TPSA) is 33.5 Å². The van der Waals surface area contributed by atoms with Gasteiger partial charge in [0.25, 0.3) is 0 Å². The van der Waals surface area contributed by atoms with E-state index in [1.807, 2.05) is 60.8 Å². The standard InChI is InChI=1S/C59H43F2N4O.Pt/c1-38-12-5-6-13-48(38)41-32-45(35-47(33-41)66-46-28-29-52-51-14-7-8-17-53(51)65(56(52)36-46)57-34-42(30-31-62-57)59(2,3)4)63-37-64(55-19-10-9-18-54(55)63)58-49(39-20-24-43(60)25-21-39)15-11-16-50(58)40-22-26-44(61)27-23-40;/h5-34,37H,1-4H3;/q-3;. The minimum atomic E-state index is -0.316. The van der Waals surface area contributed by atoms with Crippen molar-refractivity contribution in [2.45, 2.75) is 33.1 Å². The van der Waals surface area contributed by atoms with Crippen LogP contribution >= 0.6 is 0 Å². The quantitative estimate of drug-likeness (QED) is 0.142. The Bertz CT molecular complexity index is 3400. The molecule has 0 radical (unpaired) electrons. The van der Waals surface area contributed by atoms with Gasteiger partial charge in [-0.2, -0.15) is 6.07 Å². The van der Waals surface area contributed by atoms with Crippen LogP contribution in [0.1, 0.15) is 31.9 Å². The number of hydrogen-bond donors (Lipinski definition) is 0. The number of fused-ring (bicyclic) bond motifs is 4. The molecule has 0 aliphatic carbocycles. The molecule has 332 valence electrons. The summed E-state index contributed by atoms with van der Waals surface area (Å²) in [6.45, 7) is 10.8. The molecule has 0 bridgehead atoms. The van der Waals surface area contributed by atoms with E-state index in [0.29, 0.717) is 11.5 Å². The zero-order valence-corrected chi connectivity index (χ0v) is 39.4. The summed E-state index contributed by atoms with van der Waals surface area (Å²) in [5.74, 6) is 1.23. The van der Waals surface area contributed by atoms with Gasteiger partial charge in [-0.05, 0) is 100 Å². The summed E-state index contributed by atoms with van der Waals surface area (Å²) in [5, 5.41) is 2.15. The van der Waals surface area contributed by atoms with Crippen LogP contribution in [0.2, 0.25) is 0 Å². The fraction of sp³-hybridized carbons (Fsp3) is 0.0847. The minimum Gasteiger partial charge on any atom is -0.509 e. The molecule has 3 heterocycles. The molecule has 0 unspecified atom stereocenters. The smallest absolute Gasteiger partial charge is 0.135 e. The van der Waals surface area contributed by atoms with Gasteiger partial charge in [-0.15, -0.1) is 53.6 Å². The molecule has 0 fully saturated rings. The summed E-state index contributed by atoms with van der Waals surface area (Å²) >= 11 is 0. The zero-order chi connectivity index (χ0) is 45.1. The molecule has 0 saturated carbocycles. The van der Waals surface area contributed by atoms with E-state index >= 15 is 0 Å². The van der Waals surface area contributed by atoms with Gasteiger partial charge in [0.1, 0.15) is 17.5 Å². The number of rotatable bonds is 8. The molecular weight excluding hydrogens is 1010 g/mol. The minimum absolute atomic E-state index is 0. The molecule has 67 heavy (non-hydrogen) atoms. The Labute approximate surface area is 403 Å². The van der Waals surface area contributed by atoms with Crippen molar-refractivity contribution in [2.75, 3.05) is 9.80 Å². The van der Waals surface area contributed by atoms with Crippen LogP contribution in [-0.4, -0.2) is 9.55 Å². The number of anilines is 4. The Morgan fingerprint density at radius 1 is 0.567 bits per heavy atom. The number of nitrogens with zero attached hydrogens (tertiary/aromatic N) is 4. The maximum atomic E-state index is 14.3. The van der Waals surface area contributed by atoms with E-state index < -0.39 is 0 Å². The number of halogens is 2. The summed E-state index contributed by atoms with van der Waals surface area (Å²) in [6, 6.07) is 63.8. The van der Waals surface area contributed by atoms with Crippen molar-refractivity contribution in [2.24, 2.45) is 0 Å². The van der Waals surface area contributed by atoms with Crippen molar-refractivity contribution in [3.8, 4) is 50.7 Å². The van der Waals surface area contributed by atoms with Gasteiger partial charge < -0.3 is 19.1 Å². The van der Waals surface area contributed by atoms with Crippen LogP contribution in [-0.2, 0) is 26.5 Å². The van der Waals surface area contributed by atoms with Crippen molar-refractivity contribution in [1.82, 2.24) is 9.55 Å². The van der Waals surface area contributed by atoms with Gasteiger partial charge in [-0.1, -0.05) is 123 Å². The summed E-state index contributed by atoms with van der Waals surface area (Å²) in [4.78, 5) is 9.15. The predicted octanol–water partition coefficient (Wildman–Crippen LogP) is 15.9. The van der Waals surface area contributed by atoms with Gasteiger partial charge in [-0.25, -0.2) is 13.8 Å². The molecule has 8 aromatic carbocycles. The van der Waals surface area contributed by atoms with Crippen LogP contribution in [0.15, 0.2) is 182 Å². The Kier molecular flexibility index (Phi) is 11.4. The second kappa shape index (κ2) is 17.5. The number of aromatic nitrogens is 2. The summed E-state index contributed by atoms with van der Waals surface area (Å²) in [5.41, 5.74) is 13.1. The van der Waals surface area contributed by atoms with E-state index in [9.17, 15) is 8.78 Å². The second-order valence-electron chi connectivity index (χ2n) is 17.7. The largest absolute Gasteiger partial charge is 0.509 e. The van der Waals surface area contributed by atoms with Crippen LogP contribution in [0, 0.1) is 37.4 Å². The average molecular weight is 1060 g/mol. The zero-order valence-electron chi connectivity index (χ0n) is 37.2. The van der Waals surface area contributed by atoms with Gasteiger partial charge in [0.05, 0.1) is 0 Å². The van der Waals surface area contributed by atoms with Crippen LogP contribution < -0.4 is 14.5 Å². The van der Waals surface area contributed by atoms with E-state index in [2.05, 4.69) is 134 Å². The SMILES string of the molecule is Cc1ccccc1-c1cc(Oc2[c-]c3c(cc2)c2ccccc2n3-c2cc(C(C)(C)C)ccn2)[c-]c(N2[CH-]N(c3c(-c4ccc(F)cc4)cccc3-c3ccc(F)cc3)c3ccccc32)c1.[Pt]. The predicted molar refractivity (Wildman–Crippen MR) is 264 cm³/mol. The molecule has 0 spiro atoms. The maximum absolute atomic E-state index is 14.3. The fourth-order valence-corrected chi connectivity index (χ4v) is 9.07. The maximum Gasteiger partial charge on any atom is 0.135 e. The molecule has 0 saturated heterocycles. The third-order valence-electron chi connectivity index (χ3n) is 12.4. The molecular formula is C59H43F2N4OPt-3. The van der Waals surface area contributed by atoms with E-state index in [1.54, 1.807) is 24.3 Å². The van der Waals surface area contributed by atoms with Crippen molar-refractivity contribution < 1.29 is 34.6 Å². The number of aryl methyl sites for hydroxylation is 1. The van der Waals surface area contributed by atoms with Crippen molar-refractivity contribution >= 4 is 44.6 Å². The third-order valence-corrected chi connectivity index (χ3v) is 12.4. The number of para-hydroxylation sites is 4. The molecule has 2 aromatic heterocycles. The van der Waals surface area contributed by atoms with Gasteiger partial charge in [-0.3, -0.25) is 0 Å². The first-order valence-corrected chi connectivity index (χ1v) is 22.0. The van der Waals surface area contributed by atoms with Crippen molar-refractivity contribution in [3.63, 3.8) is 0 Å². The van der Waals surface area contributed by atoms with E-state index in [1.165, 1.54) is 29.8 Å². The molecule has 0 amide bonds. The fourth-order valence-electron chi connectivity index (χ4n) is 9.07. The first-order valence-electron chi connectivity index (χ1n) is 22.0. The third kappa shape index (κ3) is 8.08. The van der Waals surface area contributed by atoms with E-state index in [0.717, 1.165) is 89.3 Å².